The molecule has 68 valence electrons. The SMILES string of the molecule is COCC(N)Cc1ncnn1C. The lowest BCUT2D eigenvalue weighted by Gasteiger charge is -2.08. The van der Waals surface area contributed by atoms with Crippen molar-refractivity contribution in [2.45, 2.75) is 12.5 Å². The molecule has 1 aromatic rings. The Kier molecular flexibility index (Phi) is 3.19. The topological polar surface area (TPSA) is 66.0 Å². The number of nitrogens with zero attached hydrogens (tertiary/aromatic N) is 3. The predicted octanol–water partition coefficient (Wildman–Crippen LogP) is -0.669. The minimum atomic E-state index is -0.00194. The fourth-order valence-corrected chi connectivity index (χ4v) is 1.01. The van der Waals surface area contributed by atoms with Crippen molar-refractivity contribution in [2.75, 3.05) is 13.7 Å². The molecule has 0 spiro atoms. The Labute approximate surface area is 71.5 Å². The second kappa shape index (κ2) is 4.18. The molecule has 1 aromatic heterocycles. The number of hydrogen-bond donors (Lipinski definition) is 1. The van der Waals surface area contributed by atoms with Gasteiger partial charge in [-0.1, -0.05) is 0 Å². The first-order chi connectivity index (χ1) is 5.74. The molecule has 0 fully saturated rings. The van der Waals surface area contributed by atoms with Crippen LogP contribution in [0.1, 0.15) is 5.82 Å². The van der Waals surface area contributed by atoms with Gasteiger partial charge in [0.1, 0.15) is 12.2 Å². The molecule has 0 aliphatic heterocycles. The molecular formula is C7H14N4O. The molecule has 2 N–H and O–H groups in total. The van der Waals surface area contributed by atoms with E-state index in [0.717, 1.165) is 5.82 Å². The van der Waals surface area contributed by atoms with Gasteiger partial charge in [0.25, 0.3) is 0 Å². The van der Waals surface area contributed by atoms with E-state index in [0.29, 0.717) is 13.0 Å². The number of aryl methyl sites for hydroxylation is 1. The van der Waals surface area contributed by atoms with Crippen molar-refractivity contribution in [3.05, 3.63) is 12.2 Å². The molecule has 5 nitrogen and oxygen atoms in total. The lowest BCUT2D eigenvalue weighted by Crippen LogP contribution is -2.29. The summed E-state index contributed by atoms with van der Waals surface area (Å²) in [4.78, 5) is 4.05. The van der Waals surface area contributed by atoms with Gasteiger partial charge < -0.3 is 10.5 Å². The van der Waals surface area contributed by atoms with Gasteiger partial charge in [-0.05, 0) is 0 Å². The van der Waals surface area contributed by atoms with Crippen molar-refractivity contribution < 1.29 is 4.74 Å². The van der Waals surface area contributed by atoms with Crippen molar-refractivity contribution >= 4 is 0 Å². The number of methoxy groups -OCH3 is 1. The maximum atomic E-state index is 5.74. The fourth-order valence-electron chi connectivity index (χ4n) is 1.01. The summed E-state index contributed by atoms with van der Waals surface area (Å²) in [5.74, 6) is 0.888. The summed E-state index contributed by atoms with van der Waals surface area (Å²) in [7, 11) is 3.48. The average Bonchev–Trinajstić information content (AvgIpc) is 2.37. The summed E-state index contributed by atoms with van der Waals surface area (Å²) in [5.41, 5.74) is 5.74. The van der Waals surface area contributed by atoms with E-state index >= 15 is 0 Å². The molecule has 0 saturated carbocycles. The standard InChI is InChI=1S/C7H14N4O/c1-11-7(9-5-10-11)3-6(8)4-12-2/h5-6H,3-4,8H2,1-2H3. The van der Waals surface area contributed by atoms with Gasteiger partial charge in [0.15, 0.2) is 0 Å². The van der Waals surface area contributed by atoms with E-state index in [1.54, 1.807) is 11.8 Å². The van der Waals surface area contributed by atoms with Crippen LogP contribution in [0.4, 0.5) is 0 Å². The van der Waals surface area contributed by atoms with Crippen LogP contribution in [0.15, 0.2) is 6.33 Å². The maximum Gasteiger partial charge on any atom is 0.138 e. The minimum Gasteiger partial charge on any atom is -0.383 e. The highest BCUT2D eigenvalue weighted by Crippen LogP contribution is 1.95. The van der Waals surface area contributed by atoms with E-state index in [1.165, 1.54) is 6.33 Å². The molecule has 0 saturated heterocycles. The van der Waals surface area contributed by atoms with Crippen molar-refractivity contribution in [3.8, 4) is 0 Å². The lowest BCUT2D eigenvalue weighted by molar-refractivity contribution is 0.179. The van der Waals surface area contributed by atoms with E-state index in [-0.39, 0.29) is 6.04 Å². The Hall–Kier alpha value is -0.940. The van der Waals surface area contributed by atoms with Gasteiger partial charge in [0.05, 0.1) is 6.61 Å². The van der Waals surface area contributed by atoms with Gasteiger partial charge in [0, 0.05) is 26.6 Å². The van der Waals surface area contributed by atoms with Gasteiger partial charge in [-0.25, -0.2) is 4.98 Å². The summed E-state index contributed by atoms with van der Waals surface area (Å²) in [6.45, 7) is 0.548. The Morgan fingerprint density at radius 3 is 3.00 bits per heavy atom. The van der Waals surface area contributed by atoms with Crippen molar-refractivity contribution in [1.29, 1.82) is 0 Å². The van der Waals surface area contributed by atoms with Crippen molar-refractivity contribution in [3.63, 3.8) is 0 Å². The highest BCUT2D eigenvalue weighted by Gasteiger charge is 2.07. The third kappa shape index (κ3) is 2.28. The van der Waals surface area contributed by atoms with E-state index in [2.05, 4.69) is 10.1 Å². The summed E-state index contributed by atoms with van der Waals surface area (Å²) < 4.78 is 6.63. The summed E-state index contributed by atoms with van der Waals surface area (Å²) in [6.07, 6.45) is 2.22. The van der Waals surface area contributed by atoms with Crippen LogP contribution in [0, 0.1) is 0 Å². The molecule has 0 aliphatic rings. The largest absolute Gasteiger partial charge is 0.383 e. The normalized spacial score (nSPS) is 13.2. The molecule has 1 unspecified atom stereocenters. The average molecular weight is 170 g/mol. The van der Waals surface area contributed by atoms with Crippen LogP contribution >= 0.6 is 0 Å². The van der Waals surface area contributed by atoms with Gasteiger partial charge in [-0.15, -0.1) is 0 Å². The number of rotatable bonds is 4. The fraction of sp³-hybridized carbons (Fsp3) is 0.714. The van der Waals surface area contributed by atoms with Crippen LogP contribution in [-0.2, 0) is 18.2 Å². The summed E-state index contributed by atoms with van der Waals surface area (Å²) in [5, 5.41) is 3.94. The number of aromatic nitrogens is 3. The van der Waals surface area contributed by atoms with Gasteiger partial charge >= 0.3 is 0 Å². The minimum absolute atomic E-state index is 0.00194. The van der Waals surface area contributed by atoms with E-state index < -0.39 is 0 Å². The second-order valence-corrected chi connectivity index (χ2v) is 2.72. The Bertz CT molecular complexity index is 235. The first-order valence-corrected chi connectivity index (χ1v) is 3.81. The molecule has 0 aromatic carbocycles. The van der Waals surface area contributed by atoms with Gasteiger partial charge in [-0.3, -0.25) is 4.68 Å². The Balaban J connectivity index is 2.46. The highest BCUT2D eigenvalue weighted by atomic mass is 16.5. The number of hydrogen-bond acceptors (Lipinski definition) is 4. The van der Waals surface area contributed by atoms with Crippen LogP contribution in [0.3, 0.4) is 0 Å². The molecule has 0 bridgehead atoms. The summed E-state index contributed by atoms with van der Waals surface area (Å²) >= 11 is 0. The molecule has 0 radical (unpaired) electrons. The smallest absolute Gasteiger partial charge is 0.138 e. The van der Waals surface area contributed by atoms with E-state index in [4.69, 9.17) is 10.5 Å². The van der Waals surface area contributed by atoms with E-state index in [9.17, 15) is 0 Å². The zero-order valence-electron chi connectivity index (χ0n) is 7.40. The van der Waals surface area contributed by atoms with Gasteiger partial charge in [0.2, 0.25) is 0 Å². The molecule has 1 heterocycles. The number of nitrogens with two attached hydrogens (primary N) is 1. The van der Waals surface area contributed by atoms with Crippen LogP contribution in [0.25, 0.3) is 0 Å². The molecule has 12 heavy (non-hydrogen) atoms. The van der Waals surface area contributed by atoms with Crippen molar-refractivity contribution in [2.24, 2.45) is 12.8 Å². The third-order valence-corrected chi connectivity index (χ3v) is 1.63. The molecule has 5 heteroatoms. The zero-order valence-corrected chi connectivity index (χ0v) is 7.40. The zero-order chi connectivity index (χ0) is 8.97. The maximum absolute atomic E-state index is 5.74. The first-order valence-electron chi connectivity index (χ1n) is 3.81. The molecule has 0 aliphatic carbocycles. The third-order valence-electron chi connectivity index (χ3n) is 1.63. The number of ether oxygens (including phenoxy) is 1. The molecule has 1 rings (SSSR count). The van der Waals surface area contributed by atoms with E-state index in [1.807, 2.05) is 7.05 Å². The van der Waals surface area contributed by atoms with Crippen LogP contribution in [0.5, 0.6) is 0 Å². The van der Waals surface area contributed by atoms with Crippen LogP contribution in [0.2, 0.25) is 0 Å². The van der Waals surface area contributed by atoms with Crippen LogP contribution in [-0.4, -0.2) is 34.5 Å². The lowest BCUT2D eigenvalue weighted by atomic mass is 10.2. The molecular weight excluding hydrogens is 156 g/mol. The quantitative estimate of drug-likeness (QED) is 0.651. The van der Waals surface area contributed by atoms with Crippen LogP contribution < -0.4 is 5.73 Å². The molecule has 0 amide bonds. The Morgan fingerprint density at radius 2 is 2.50 bits per heavy atom. The second-order valence-electron chi connectivity index (χ2n) is 2.72. The van der Waals surface area contributed by atoms with Gasteiger partial charge in [-0.2, -0.15) is 5.10 Å². The highest BCUT2D eigenvalue weighted by molar-refractivity contribution is 4.87. The molecule has 1 atom stereocenters. The first kappa shape index (κ1) is 9.15. The summed E-state index contributed by atoms with van der Waals surface area (Å²) in [6, 6.07) is -0.00194. The monoisotopic (exact) mass is 170 g/mol. The van der Waals surface area contributed by atoms with Crippen molar-refractivity contribution in [1.82, 2.24) is 14.8 Å². The Morgan fingerprint density at radius 1 is 1.75 bits per heavy atom. The predicted molar refractivity (Wildman–Crippen MR) is 44.6 cm³/mol.